The topological polar surface area (TPSA) is 125 Å². The van der Waals surface area contributed by atoms with Crippen molar-refractivity contribution in [1.82, 2.24) is 20.1 Å². The van der Waals surface area contributed by atoms with Crippen LogP contribution in [-0.2, 0) is 21.2 Å². The number of anilines is 1. The zero-order valence-corrected chi connectivity index (χ0v) is 18.4. The second-order valence-electron chi connectivity index (χ2n) is 9.06. The molecule has 1 amide bonds. The Morgan fingerprint density at radius 2 is 1.94 bits per heavy atom. The van der Waals surface area contributed by atoms with Crippen LogP contribution in [0.25, 0.3) is 0 Å². The van der Waals surface area contributed by atoms with Crippen molar-refractivity contribution in [3.8, 4) is 0 Å². The van der Waals surface area contributed by atoms with Crippen LogP contribution in [0.4, 0.5) is 5.69 Å². The second kappa shape index (κ2) is 7.68. The number of piperidine rings is 1. The van der Waals surface area contributed by atoms with Gasteiger partial charge in [0.05, 0.1) is 11.4 Å². The van der Waals surface area contributed by atoms with E-state index >= 15 is 0 Å². The van der Waals surface area contributed by atoms with Crippen LogP contribution in [0.5, 0.6) is 0 Å². The number of nitrogens with two attached hydrogens (primary N) is 1. The number of amides is 1. The molecule has 2 aromatic rings. The Bertz CT molecular complexity index is 1100. The maximum atomic E-state index is 13.1. The number of aromatic nitrogens is 3. The number of sulfonamides is 1. The SMILES string of the molecule is C[C@@H]1Cc2cc(S(N)(=O)=O)ccc2N1C(=O)CN1CCC(c2nc(C3CC3)n[nH]2)CC1. The average Bonchev–Trinajstić information content (AvgIpc) is 3.35. The first-order valence-electron chi connectivity index (χ1n) is 10.9. The molecule has 0 unspecified atom stereocenters. The quantitative estimate of drug-likeness (QED) is 0.720. The predicted octanol–water partition coefficient (Wildman–Crippen LogP) is 1.49. The van der Waals surface area contributed by atoms with Gasteiger partial charge in [0.15, 0.2) is 5.82 Å². The van der Waals surface area contributed by atoms with Crippen molar-refractivity contribution in [2.75, 3.05) is 24.5 Å². The highest BCUT2D eigenvalue weighted by molar-refractivity contribution is 7.89. The molecule has 1 saturated carbocycles. The maximum absolute atomic E-state index is 13.1. The number of nitrogens with one attached hydrogen (secondary N) is 1. The molecule has 2 aliphatic heterocycles. The molecule has 1 aromatic heterocycles. The Balaban J connectivity index is 1.21. The van der Waals surface area contributed by atoms with Crippen LogP contribution in [0.1, 0.15) is 61.7 Å². The molecule has 1 saturated heterocycles. The normalized spacial score (nSPS) is 22.6. The lowest BCUT2D eigenvalue weighted by molar-refractivity contribution is -0.120. The minimum atomic E-state index is -3.75. The zero-order valence-electron chi connectivity index (χ0n) is 17.6. The van der Waals surface area contributed by atoms with Gasteiger partial charge in [-0.2, -0.15) is 5.10 Å². The van der Waals surface area contributed by atoms with E-state index in [9.17, 15) is 13.2 Å². The number of aromatic amines is 1. The van der Waals surface area contributed by atoms with E-state index in [1.807, 2.05) is 6.92 Å². The molecule has 3 aliphatic rings. The van der Waals surface area contributed by atoms with E-state index < -0.39 is 10.0 Å². The molecule has 166 valence electrons. The molecule has 1 aromatic carbocycles. The number of carbonyl (C=O) groups is 1. The highest BCUT2D eigenvalue weighted by atomic mass is 32.2. The summed E-state index contributed by atoms with van der Waals surface area (Å²) in [5, 5.41) is 12.7. The van der Waals surface area contributed by atoms with Crippen molar-refractivity contribution >= 4 is 21.6 Å². The van der Waals surface area contributed by atoms with Gasteiger partial charge in [-0.25, -0.2) is 18.5 Å². The standard InChI is InChI=1S/C21H28N6O3S/c1-13-10-16-11-17(31(22,29)30)4-5-18(16)27(13)19(28)12-26-8-6-15(7-9-26)21-23-20(24-25-21)14-2-3-14/h4-5,11,13-15H,2-3,6-10,12H2,1H3,(H2,22,29,30)(H,23,24,25)/t13-/m1/s1. The number of nitrogens with zero attached hydrogens (tertiary/aromatic N) is 4. The first-order chi connectivity index (χ1) is 14.8. The lowest BCUT2D eigenvalue weighted by Crippen LogP contribution is -2.45. The molecule has 0 bridgehead atoms. The fraction of sp³-hybridized carbons (Fsp3) is 0.571. The van der Waals surface area contributed by atoms with E-state index in [-0.39, 0.29) is 16.8 Å². The van der Waals surface area contributed by atoms with Gasteiger partial charge in [-0.1, -0.05) is 0 Å². The second-order valence-corrected chi connectivity index (χ2v) is 10.6. The molecule has 0 radical (unpaired) electrons. The third-order valence-corrected chi connectivity index (χ3v) is 7.57. The molecule has 0 spiro atoms. The van der Waals surface area contributed by atoms with Gasteiger partial charge in [-0.3, -0.25) is 14.8 Å². The van der Waals surface area contributed by atoms with Crippen LogP contribution >= 0.6 is 0 Å². The highest BCUT2D eigenvalue weighted by Gasteiger charge is 2.34. The number of primary sulfonamides is 1. The van der Waals surface area contributed by atoms with Crippen molar-refractivity contribution in [2.24, 2.45) is 5.14 Å². The van der Waals surface area contributed by atoms with E-state index in [0.29, 0.717) is 24.8 Å². The van der Waals surface area contributed by atoms with E-state index in [2.05, 4.69) is 15.1 Å². The summed E-state index contributed by atoms with van der Waals surface area (Å²) in [6.07, 6.45) is 4.92. The summed E-state index contributed by atoms with van der Waals surface area (Å²) in [5.41, 5.74) is 1.64. The van der Waals surface area contributed by atoms with E-state index in [1.165, 1.54) is 18.9 Å². The minimum absolute atomic E-state index is 0.00851. The first kappa shape index (κ1) is 20.6. The number of rotatable bonds is 5. The lowest BCUT2D eigenvalue weighted by Gasteiger charge is -2.32. The van der Waals surface area contributed by atoms with Crippen LogP contribution in [0.2, 0.25) is 0 Å². The number of benzene rings is 1. The molecule has 3 N–H and O–H groups in total. The Morgan fingerprint density at radius 3 is 2.61 bits per heavy atom. The molecular weight excluding hydrogens is 416 g/mol. The number of fused-ring (bicyclic) bond motifs is 1. The first-order valence-corrected chi connectivity index (χ1v) is 12.5. The summed E-state index contributed by atoms with van der Waals surface area (Å²) >= 11 is 0. The molecule has 10 heteroatoms. The molecule has 1 aliphatic carbocycles. The Hall–Kier alpha value is -2.30. The van der Waals surface area contributed by atoms with Crippen molar-refractivity contribution in [2.45, 2.75) is 61.8 Å². The Kier molecular flexibility index (Phi) is 5.10. The number of hydrogen-bond acceptors (Lipinski definition) is 6. The number of hydrogen-bond donors (Lipinski definition) is 2. The van der Waals surface area contributed by atoms with Gasteiger partial charge in [0.25, 0.3) is 0 Å². The summed E-state index contributed by atoms with van der Waals surface area (Å²) in [6.45, 7) is 4.03. The highest BCUT2D eigenvalue weighted by Crippen LogP contribution is 2.39. The fourth-order valence-electron chi connectivity index (χ4n) is 4.79. The molecule has 31 heavy (non-hydrogen) atoms. The van der Waals surface area contributed by atoms with Crippen molar-refractivity contribution < 1.29 is 13.2 Å². The fourth-order valence-corrected chi connectivity index (χ4v) is 5.36. The van der Waals surface area contributed by atoms with Gasteiger partial charge in [0, 0.05) is 23.6 Å². The van der Waals surface area contributed by atoms with Gasteiger partial charge >= 0.3 is 0 Å². The summed E-state index contributed by atoms with van der Waals surface area (Å²) in [5.74, 6) is 2.91. The maximum Gasteiger partial charge on any atom is 0.241 e. The van der Waals surface area contributed by atoms with Crippen LogP contribution in [-0.4, -0.2) is 60.1 Å². The van der Waals surface area contributed by atoms with Crippen LogP contribution in [0, 0.1) is 0 Å². The molecular formula is C21H28N6O3S. The number of likely N-dealkylation sites (tertiary alicyclic amines) is 1. The van der Waals surface area contributed by atoms with E-state index in [0.717, 1.165) is 48.8 Å². The van der Waals surface area contributed by atoms with Crippen molar-refractivity contribution in [3.63, 3.8) is 0 Å². The smallest absolute Gasteiger partial charge is 0.241 e. The number of H-pyrrole nitrogens is 1. The number of carbonyl (C=O) groups excluding carboxylic acids is 1. The molecule has 1 atom stereocenters. The van der Waals surface area contributed by atoms with Crippen LogP contribution in [0.15, 0.2) is 23.1 Å². The Labute approximate surface area is 182 Å². The van der Waals surface area contributed by atoms with Crippen LogP contribution in [0.3, 0.4) is 0 Å². The van der Waals surface area contributed by atoms with E-state index in [4.69, 9.17) is 10.1 Å². The van der Waals surface area contributed by atoms with Crippen LogP contribution < -0.4 is 10.0 Å². The Morgan fingerprint density at radius 1 is 1.19 bits per heavy atom. The van der Waals surface area contributed by atoms with Crippen molar-refractivity contribution in [1.29, 1.82) is 0 Å². The molecule has 2 fully saturated rings. The zero-order chi connectivity index (χ0) is 21.8. The third kappa shape index (κ3) is 4.11. The summed E-state index contributed by atoms with van der Waals surface area (Å²) in [7, 11) is -3.75. The van der Waals surface area contributed by atoms with Gasteiger partial charge in [-0.05, 0) is 75.9 Å². The van der Waals surface area contributed by atoms with E-state index in [1.54, 1.807) is 17.0 Å². The minimum Gasteiger partial charge on any atom is -0.308 e. The van der Waals surface area contributed by atoms with Gasteiger partial charge < -0.3 is 4.90 Å². The average molecular weight is 445 g/mol. The molecule has 5 rings (SSSR count). The summed E-state index contributed by atoms with van der Waals surface area (Å²) in [4.78, 5) is 21.9. The van der Waals surface area contributed by atoms with Gasteiger partial charge in [0.1, 0.15) is 5.82 Å². The summed E-state index contributed by atoms with van der Waals surface area (Å²) < 4.78 is 23.3. The largest absolute Gasteiger partial charge is 0.308 e. The lowest BCUT2D eigenvalue weighted by atomic mass is 9.96. The third-order valence-electron chi connectivity index (χ3n) is 6.66. The molecule has 3 heterocycles. The van der Waals surface area contributed by atoms with Crippen molar-refractivity contribution in [3.05, 3.63) is 35.4 Å². The monoisotopic (exact) mass is 444 g/mol. The predicted molar refractivity (Wildman–Crippen MR) is 115 cm³/mol. The van der Waals surface area contributed by atoms with Gasteiger partial charge in [0.2, 0.25) is 15.9 Å². The summed E-state index contributed by atoms with van der Waals surface area (Å²) in [6, 6.07) is 4.76. The van der Waals surface area contributed by atoms with Gasteiger partial charge in [-0.15, -0.1) is 0 Å². The molecule has 9 nitrogen and oxygen atoms in total.